The van der Waals surface area contributed by atoms with Crippen molar-refractivity contribution in [3.63, 3.8) is 0 Å². The van der Waals surface area contributed by atoms with E-state index < -0.39 is 0 Å². The van der Waals surface area contributed by atoms with Gasteiger partial charge in [-0.25, -0.2) is 0 Å². The Bertz CT molecular complexity index is 683. The molecule has 2 aromatic carbocycles. The zero-order chi connectivity index (χ0) is 12.2. The standard InChI is InChI=1S/C12H4Br4O/c13-5-1-3-7-9(11(5)15)10-8(17-7)4-2-6(14)12(10)16/h1-4H. The Hall–Kier alpha value is 0.160. The van der Waals surface area contributed by atoms with E-state index in [-0.39, 0.29) is 0 Å². The normalized spacial score (nSPS) is 11.5. The van der Waals surface area contributed by atoms with Crippen molar-refractivity contribution in [2.45, 2.75) is 0 Å². The second-order valence-corrected chi connectivity index (χ2v) is 6.87. The molecule has 0 saturated heterocycles. The molecule has 17 heavy (non-hydrogen) atoms. The molecule has 0 aliphatic heterocycles. The number of furan rings is 1. The summed E-state index contributed by atoms with van der Waals surface area (Å²) in [6.07, 6.45) is 0. The maximum atomic E-state index is 5.82. The van der Waals surface area contributed by atoms with Crippen LogP contribution in [0.5, 0.6) is 0 Å². The summed E-state index contributed by atoms with van der Waals surface area (Å²) in [5, 5.41) is 2.14. The lowest BCUT2D eigenvalue weighted by Gasteiger charge is -2.00. The van der Waals surface area contributed by atoms with Gasteiger partial charge in [0.05, 0.1) is 0 Å². The molecule has 0 spiro atoms. The lowest BCUT2D eigenvalue weighted by molar-refractivity contribution is 0.668. The van der Waals surface area contributed by atoms with Crippen LogP contribution in [0.2, 0.25) is 0 Å². The average Bonchev–Trinajstić information content (AvgIpc) is 2.69. The van der Waals surface area contributed by atoms with Gasteiger partial charge in [-0.3, -0.25) is 0 Å². The third kappa shape index (κ3) is 1.82. The van der Waals surface area contributed by atoms with Gasteiger partial charge in [-0.15, -0.1) is 0 Å². The second kappa shape index (κ2) is 4.37. The minimum Gasteiger partial charge on any atom is -0.456 e. The molecule has 0 amide bonds. The predicted octanol–water partition coefficient (Wildman–Crippen LogP) is 6.64. The van der Waals surface area contributed by atoms with Crippen molar-refractivity contribution in [2.24, 2.45) is 0 Å². The fraction of sp³-hybridized carbons (Fsp3) is 0. The highest BCUT2D eigenvalue weighted by molar-refractivity contribution is 9.13. The molecule has 1 nitrogen and oxygen atoms in total. The molecule has 0 N–H and O–H groups in total. The number of hydrogen-bond donors (Lipinski definition) is 0. The summed E-state index contributed by atoms with van der Waals surface area (Å²) < 4.78 is 9.86. The zero-order valence-corrected chi connectivity index (χ0v) is 14.6. The minimum atomic E-state index is 0.869. The van der Waals surface area contributed by atoms with Crippen molar-refractivity contribution in [2.75, 3.05) is 0 Å². The molecule has 0 saturated carbocycles. The van der Waals surface area contributed by atoms with Gasteiger partial charge in [0.1, 0.15) is 11.2 Å². The molecule has 86 valence electrons. The summed E-state index contributed by atoms with van der Waals surface area (Å²) >= 11 is 14.2. The summed E-state index contributed by atoms with van der Waals surface area (Å²) in [7, 11) is 0. The Labute approximate surface area is 131 Å². The first kappa shape index (κ1) is 12.2. The molecular formula is C12H4Br4O. The number of benzene rings is 2. The van der Waals surface area contributed by atoms with E-state index in [4.69, 9.17) is 4.42 Å². The van der Waals surface area contributed by atoms with E-state index in [0.717, 1.165) is 39.8 Å². The van der Waals surface area contributed by atoms with Gasteiger partial charge in [0.2, 0.25) is 0 Å². The van der Waals surface area contributed by atoms with Crippen LogP contribution in [0.1, 0.15) is 0 Å². The van der Waals surface area contributed by atoms with E-state index in [0.29, 0.717) is 0 Å². The van der Waals surface area contributed by atoms with Gasteiger partial charge in [-0.05, 0) is 88.0 Å². The third-order valence-corrected chi connectivity index (χ3v) is 6.62. The molecule has 5 heteroatoms. The van der Waals surface area contributed by atoms with Crippen LogP contribution in [0.4, 0.5) is 0 Å². The molecule has 1 aromatic heterocycles. The summed E-state index contributed by atoms with van der Waals surface area (Å²) in [5.74, 6) is 0. The highest BCUT2D eigenvalue weighted by Gasteiger charge is 2.15. The summed E-state index contributed by atoms with van der Waals surface area (Å²) in [5.41, 5.74) is 1.74. The number of rotatable bonds is 0. The van der Waals surface area contributed by atoms with Crippen LogP contribution in [0, 0.1) is 0 Å². The van der Waals surface area contributed by atoms with E-state index in [2.05, 4.69) is 63.7 Å². The molecule has 1 heterocycles. The van der Waals surface area contributed by atoms with Gasteiger partial charge < -0.3 is 4.42 Å². The molecule has 0 bridgehead atoms. The van der Waals surface area contributed by atoms with Crippen LogP contribution in [-0.2, 0) is 0 Å². The molecular weight excluding hydrogens is 480 g/mol. The Morgan fingerprint density at radius 2 is 1.06 bits per heavy atom. The van der Waals surface area contributed by atoms with Crippen LogP contribution < -0.4 is 0 Å². The van der Waals surface area contributed by atoms with Crippen molar-refractivity contribution < 1.29 is 4.42 Å². The molecule has 0 aliphatic rings. The van der Waals surface area contributed by atoms with E-state index >= 15 is 0 Å². The van der Waals surface area contributed by atoms with Crippen molar-refractivity contribution in [1.29, 1.82) is 0 Å². The highest BCUT2D eigenvalue weighted by atomic mass is 79.9. The van der Waals surface area contributed by atoms with Gasteiger partial charge in [-0.2, -0.15) is 0 Å². The lowest BCUT2D eigenvalue weighted by Crippen LogP contribution is -1.75. The molecule has 0 aliphatic carbocycles. The van der Waals surface area contributed by atoms with E-state index in [1.54, 1.807) is 0 Å². The van der Waals surface area contributed by atoms with Crippen LogP contribution in [-0.4, -0.2) is 0 Å². The van der Waals surface area contributed by atoms with Crippen LogP contribution in [0.3, 0.4) is 0 Å². The summed E-state index contributed by atoms with van der Waals surface area (Å²) in [6, 6.07) is 7.87. The van der Waals surface area contributed by atoms with E-state index in [1.807, 2.05) is 24.3 Å². The van der Waals surface area contributed by atoms with E-state index in [1.165, 1.54) is 0 Å². The fourth-order valence-corrected chi connectivity index (χ4v) is 3.53. The molecule has 0 unspecified atom stereocenters. The topological polar surface area (TPSA) is 13.1 Å². The van der Waals surface area contributed by atoms with Crippen molar-refractivity contribution in [3.8, 4) is 0 Å². The molecule has 0 fully saturated rings. The SMILES string of the molecule is Brc1ccc2oc3ccc(Br)c(Br)c3c2c1Br. The van der Waals surface area contributed by atoms with Crippen molar-refractivity contribution >= 4 is 85.7 Å². The van der Waals surface area contributed by atoms with Crippen molar-refractivity contribution in [3.05, 3.63) is 42.2 Å². The molecule has 3 aromatic rings. The average molecular weight is 484 g/mol. The predicted molar refractivity (Wildman–Crippen MR) is 84.5 cm³/mol. The van der Waals surface area contributed by atoms with Gasteiger partial charge in [0.15, 0.2) is 0 Å². The minimum absolute atomic E-state index is 0.869. The lowest BCUT2D eigenvalue weighted by atomic mass is 10.1. The number of fused-ring (bicyclic) bond motifs is 3. The van der Waals surface area contributed by atoms with Gasteiger partial charge in [-0.1, -0.05) is 0 Å². The maximum absolute atomic E-state index is 5.82. The van der Waals surface area contributed by atoms with E-state index in [9.17, 15) is 0 Å². The van der Waals surface area contributed by atoms with Gasteiger partial charge in [0, 0.05) is 28.7 Å². The quantitative estimate of drug-likeness (QED) is 0.349. The van der Waals surface area contributed by atoms with Crippen LogP contribution >= 0.6 is 63.7 Å². The Morgan fingerprint density at radius 1 is 0.647 bits per heavy atom. The fourth-order valence-electron chi connectivity index (χ4n) is 1.82. The highest BCUT2D eigenvalue weighted by Crippen LogP contribution is 2.43. The second-order valence-electron chi connectivity index (χ2n) is 3.57. The number of hydrogen-bond acceptors (Lipinski definition) is 1. The zero-order valence-electron chi connectivity index (χ0n) is 8.23. The van der Waals surface area contributed by atoms with Crippen LogP contribution in [0.15, 0.2) is 46.6 Å². The summed E-state index contributed by atoms with van der Waals surface area (Å²) in [4.78, 5) is 0. The smallest absolute Gasteiger partial charge is 0.136 e. The molecule has 3 rings (SSSR count). The maximum Gasteiger partial charge on any atom is 0.136 e. The first-order valence-corrected chi connectivity index (χ1v) is 7.91. The largest absolute Gasteiger partial charge is 0.456 e. The third-order valence-electron chi connectivity index (χ3n) is 2.58. The summed E-state index contributed by atoms with van der Waals surface area (Å²) in [6.45, 7) is 0. The van der Waals surface area contributed by atoms with Gasteiger partial charge >= 0.3 is 0 Å². The Balaban J connectivity index is 2.65. The Kier molecular flexibility index (Phi) is 3.14. The monoisotopic (exact) mass is 480 g/mol. The van der Waals surface area contributed by atoms with Crippen LogP contribution in [0.25, 0.3) is 21.9 Å². The van der Waals surface area contributed by atoms with Crippen molar-refractivity contribution in [1.82, 2.24) is 0 Å². The Morgan fingerprint density at radius 3 is 1.47 bits per heavy atom. The van der Waals surface area contributed by atoms with Gasteiger partial charge in [0.25, 0.3) is 0 Å². The number of halogens is 4. The molecule has 0 radical (unpaired) electrons. The first-order chi connectivity index (χ1) is 8.09. The molecule has 0 atom stereocenters. The first-order valence-electron chi connectivity index (χ1n) is 4.74.